The summed E-state index contributed by atoms with van der Waals surface area (Å²) < 4.78 is 5.80. The van der Waals surface area contributed by atoms with E-state index in [0.717, 1.165) is 6.42 Å². The molecule has 1 aliphatic carbocycles. The standard InChI is InChI=1S/C24H21ClN4O4/c1-14-20-18(26-27-22(30)15-8-3-2-4-9-15)12-7-13-19(20)33-21(14)24(32)29-28-23(31)16-10-5-6-11-17(16)25/h2-6,8-11H,7,12-13H2,1H3,(H,27,30)(H,28,31)(H,29,32)/b26-18+. The largest absolute Gasteiger partial charge is 0.455 e. The van der Waals surface area contributed by atoms with Crippen LogP contribution < -0.4 is 16.3 Å². The summed E-state index contributed by atoms with van der Waals surface area (Å²) in [5.41, 5.74) is 9.94. The van der Waals surface area contributed by atoms with Gasteiger partial charge in [-0.2, -0.15) is 5.10 Å². The summed E-state index contributed by atoms with van der Waals surface area (Å²) in [5.74, 6) is -0.780. The molecular weight excluding hydrogens is 444 g/mol. The van der Waals surface area contributed by atoms with Crippen molar-refractivity contribution in [3.8, 4) is 0 Å². The van der Waals surface area contributed by atoms with Crippen LogP contribution in [0, 0.1) is 6.92 Å². The maximum Gasteiger partial charge on any atom is 0.305 e. The fourth-order valence-corrected chi connectivity index (χ4v) is 3.87. The van der Waals surface area contributed by atoms with Crippen LogP contribution in [0.5, 0.6) is 0 Å². The van der Waals surface area contributed by atoms with Gasteiger partial charge >= 0.3 is 5.91 Å². The molecule has 0 aliphatic heterocycles. The number of rotatable bonds is 4. The molecule has 1 heterocycles. The third-order valence-corrected chi connectivity index (χ3v) is 5.60. The van der Waals surface area contributed by atoms with Gasteiger partial charge in [-0.25, -0.2) is 5.43 Å². The van der Waals surface area contributed by atoms with E-state index >= 15 is 0 Å². The second-order valence-electron chi connectivity index (χ2n) is 7.46. The maximum absolute atomic E-state index is 12.7. The highest BCUT2D eigenvalue weighted by molar-refractivity contribution is 6.33. The van der Waals surface area contributed by atoms with Crippen LogP contribution in [0.25, 0.3) is 0 Å². The number of nitrogens with zero attached hydrogens (tertiary/aromatic N) is 1. The van der Waals surface area contributed by atoms with Gasteiger partial charge in [-0.1, -0.05) is 41.9 Å². The highest BCUT2D eigenvalue weighted by atomic mass is 35.5. The Morgan fingerprint density at radius 3 is 2.36 bits per heavy atom. The van der Waals surface area contributed by atoms with Crippen LogP contribution in [0.1, 0.15) is 61.0 Å². The fourth-order valence-electron chi connectivity index (χ4n) is 3.65. The fraction of sp³-hybridized carbons (Fsp3) is 0.167. The number of nitrogens with one attached hydrogen (secondary N) is 3. The Morgan fingerprint density at radius 1 is 0.909 bits per heavy atom. The summed E-state index contributed by atoms with van der Waals surface area (Å²) >= 11 is 6.02. The first-order valence-corrected chi connectivity index (χ1v) is 10.7. The van der Waals surface area contributed by atoms with Gasteiger partial charge in [-0.3, -0.25) is 25.2 Å². The van der Waals surface area contributed by atoms with E-state index < -0.39 is 11.8 Å². The maximum atomic E-state index is 12.7. The lowest BCUT2D eigenvalue weighted by atomic mass is 9.93. The number of hydrogen-bond acceptors (Lipinski definition) is 5. The molecule has 1 aromatic heterocycles. The molecule has 0 fully saturated rings. The molecule has 3 amide bonds. The van der Waals surface area contributed by atoms with Crippen LogP contribution in [-0.4, -0.2) is 23.4 Å². The number of carbonyl (C=O) groups is 3. The SMILES string of the molecule is Cc1c(C(=O)NNC(=O)c2ccccc2Cl)oc2c1/C(=N/NC(=O)c1ccccc1)CCC2. The first-order chi connectivity index (χ1) is 16.0. The van der Waals surface area contributed by atoms with Gasteiger partial charge in [0, 0.05) is 23.1 Å². The van der Waals surface area contributed by atoms with Gasteiger partial charge in [0.15, 0.2) is 5.76 Å². The molecular formula is C24H21ClN4O4. The van der Waals surface area contributed by atoms with E-state index in [1.54, 1.807) is 55.5 Å². The number of carbonyl (C=O) groups excluding carboxylic acids is 3. The van der Waals surface area contributed by atoms with Crippen LogP contribution >= 0.6 is 11.6 Å². The lowest BCUT2D eigenvalue weighted by molar-refractivity contribution is 0.0829. The van der Waals surface area contributed by atoms with Crippen LogP contribution in [0.15, 0.2) is 64.1 Å². The topological polar surface area (TPSA) is 113 Å². The third-order valence-electron chi connectivity index (χ3n) is 5.27. The molecule has 4 rings (SSSR count). The zero-order valence-electron chi connectivity index (χ0n) is 17.8. The van der Waals surface area contributed by atoms with E-state index in [2.05, 4.69) is 21.4 Å². The van der Waals surface area contributed by atoms with Crippen molar-refractivity contribution in [3.05, 3.63) is 93.4 Å². The third kappa shape index (κ3) is 4.80. The summed E-state index contributed by atoms with van der Waals surface area (Å²) in [5, 5.41) is 4.57. The smallest absolute Gasteiger partial charge is 0.305 e. The summed E-state index contributed by atoms with van der Waals surface area (Å²) in [6.07, 6.45) is 2.04. The second-order valence-corrected chi connectivity index (χ2v) is 7.87. The Hall–Kier alpha value is -3.91. The number of amides is 3. The lowest BCUT2D eigenvalue weighted by Crippen LogP contribution is -2.41. The number of aryl methyl sites for hydroxylation is 1. The van der Waals surface area contributed by atoms with Gasteiger partial charge in [0.2, 0.25) is 0 Å². The number of hydrogen-bond donors (Lipinski definition) is 3. The molecule has 1 aliphatic rings. The number of hydrazone groups is 1. The van der Waals surface area contributed by atoms with Crippen molar-refractivity contribution in [2.45, 2.75) is 26.2 Å². The number of halogens is 1. The van der Waals surface area contributed by atoms with E-state index in [1.165, 1.54) is 0 Å². The predicted molar refractivity (Wildman–Crippen MR) is 123 cm³/mol. The van der Waals surface area contributed by atoms with Crippen molar-refractivity contribution in [1.29, 1.82) is 0 Å². The summed E-state index contributed by atoms with van der Waals surface area (Å²) in [6, 6.07) is 15.3. The van der Waals surface area contributed by atoms with Crippen LogP contribution in [0.2, 0.25) is 5.02 Å². The minimum absolute atomic E-state index is 0.0726. The number of hydrazine groups is 1. The minimum Gasteiger partial charge on any atom is -0.455 e. The highest BCUT2D eigenvalue weighted by Gasteiger charge is 2.28. The molecule has 0 saturated heterocycles. The minimum atomic E-state index is -0.602. The van der Waals surface area contributed by atoms with Gasteiger partial charge < -0.3 is 4.42 Å². The van der Waals surface area contributed by atoms with Gasteiger partial charge in [0.05, 0.1) is 16.3 Å². The Morgan fingerprint density at radius 2 is 1.61 bits per heavy atom. The van der Waals surface area contributed by atoms with E-state index in [9.17, 15) is 14.4 Å². The number of fused-ring (bicyclic) bond motifs is 1. The van der Waals surface area contributed by atoms with Gasteiger partial charge in [-0.15, -0.1) is 0 Å². The van der Waals surface area contributed by atoms with Gasteiger partial charge in [-0.05, 0) is 44.0 Å². The molecule has 3 N–H and O–H groups in total. The average Bonchev–Trinajstić information content (AvgIpc) is 3.18. The van der Waals surface area contributed by atoms with Crippen molar-refractivity contribution in [2.75, 3.05) is 0 Å². The average molecular weight is 465 g/mol. The molecule has 0 unspecified atom stereocenters. The highest BCUT2D eigenvalue weighted by Crippen LogP contribution is 2.29. The Kier molecular flexibility index (Phi) is 6.55. The summed E-state index contributed by atoms with van der Waals surface area (Å²) in [4.78, 5) is 37.3. The second kappa shape index (κ2) is 9.70. The molecule has 0 spiro atoms. The molecule has 168 valence electrons. The van der Waals surface area contributed by atoms with Crippen molar-refractivity contribution < 1.29 is 18.8 Å². The van der Waals surface area contributed by atoms with Crippen molar-refractivity contribution in [3.63, 3.8) is 0 Å². The number of benzene rings is 2. The first-order valence-electron chi connectivity index (χ1n) is 10.4. The predicted octanol–water partition coefficient (Wildman–Crippen LogP) is 3.79. The van der Waals surface area contributed by atoms with E-state index in [4.69, 9.17) is 16.0 Å². The van der Waals surface area contributed by atoms with Crippen LogP contribution in [0.3, 0.4) is 0 Å². The molecule has 0 saturated carbocycles. The molecule has 0 bridgehead atoms. The quantitative estimate of drug-likeness (QED) is 0.510. The zero-order valence-corrected chi connectivity index (χ0v) is 18.5. The molecule has 8 nitrogen and oxygen atoms in total. The van der Waals surface area contributed by atoms with E-state index in [0.29, 0.717) is 41.0 Å². The van der Waals surface area contributed by atoms with Gasteiger partial charge in [0.1, 0.15) is 5.76 Å². The van der Waals surface area contributed by atoms with E-state index in [1.807, 2.05) is 6.07 Å². The lowest BCUT2D eigenvalue weighted by Gasteiger charge is -2.13. The Balaban J connectivity index is 1.49. The monoisotopic (exact) mass is 464 g/mol. The molecule has 0 radical (unpaired) electrons. The molecule has 2 aromatic carbocycles. The normalized spacial score (nSPS) is 13.8. The molecule has 9 heteroatoms. The Labute approximate surface area is 195 Å². The number of furan rings is 1. The van der Waals surface area contributed by atoms with E-state index in [-0.39, 0.29) is 22.3 Å². The summed E-state index contributed by atoms with van der Waals surface area (Å²) in [7, 11) is 0. The van der Waals surface area contributed by atoms with Crippen molar-refractivity contribution in [1.82, 2.24) is 16.3 Å². The molecule has 33 heavy (non-hydrogen) atoms. The van der Waals surface area contributed by atoms with Gasteiger partial charge in [0.25, 0.3) is 11.8 Å². The van der Waals surface area contributed by atoms with Crippen LogP contribution in [-0.2, 0) is 6.42 Å². The summed E-state index contributed by atoms with van der Waals surface area (Å²) in [6.45, 7) is 1.74. The van der Waals surface area contributed by atoms with Crippen molar-refractivity contribution >= 4 is 35.0 Å². The van der Waals surface area contributed by atoms with Crippen molar-refractivity contribution in [2.24, 2.45) is 5.10 Å². The van der Waals surface area contributed by atoms with Crippen LogP contribution in [0.4, 0.5) is 0 Å². The molecule has 3 aromatic rings. The zero-order chi connectivity index (χ0) is 23.4. The first kappa shape index (κ1) is 22.3. The molecule has 0 atom stereocenters. The Bertz CT molecular complexity index is 1250.